The van der Waals surface area contributed by atoms with Gasteiger partial charge in [-0.15, -0.1) is 0 Å². The van der Waals surface area contributed by atoms with E-state index in [1.54, 1.807) is 12.5 Å². The molecule has 2 aromatic carbocycles. The number of aliphatic hydroxyl groups excluding tert-OH is 1. The van der Waals surface area contributed by atoms with E-state index in [1.807, 2.05) is 42.5 Å². The maximum absolute atomic E-state index is 9.70. The number of fused-ring (bicyclic) bond motifs is 1. The molecule has 0 unspecified atom stereocenters. The molecule has 0 atom stereocenters. The van der Waals surface area contributed by atoms with E-state index >= 15 is 0 Å². The van der Waals surface area contributed by atoms with Crippen molar-refractivity contribution in [3.63, 3.8) is 0 Å². The number of piperidine rings is 1. The van der Waals surface area contributed by atoms with Crippen LogP contribution in [0.5, 0.6) is 5.75 Å². The Morgan fingerprint density at radius 2 is 1.80 bits per heavy atom. The van der Waals surface area contributed by atoms with Crippen molar-refractivity contribution in [1.29, 1.82) is 0 Å². The zero-order valence-corrected chi connectivity index (χ0v) is 23.6. The van der Waals surface area contributed by atoms with Crippen molar-refractivity contribution in [2.45, 2.75) is 38.8 Å². The van der Waals surface area contributed by atoms with Crippen molar-refractivity contribution < 1.29 is 9.84 Å². The number of likely N-dealkylation sites (tertiary alicyclic amines) is 1. The fraction of sp³-hybridized carbons (Fsp3) is 0.281. The van der Waals surface area contributed by atoms with Crippen molar-refractivity contribution in [1.82, 2.24) is 24.4 Å². The van der Waals surface area contributed by atoms with Crippen molar-refractivity contribution in [3.05, 3.63) is 101 Å². The third-order valence-corrected chi connectivity index (χ3v) is 7.73. The number of benzene rings is 2. The number of anilines is 2. The summed E-state index contributed by atoms with van der Waals surface area (Å²) in [6, 6.07) is 17.5. The van der Waals surface area contributed by atoms with Crippen molar-refractivity contribution >= 4 is 34.0 Å². The molecule has 0 radical (unpaired) electrons. The lowest BCUT2D eigenvalue weighted by atomic mass is 10.1. The average Bonchev–Trinajstić information content (AvgIpc) is 3.40. The van der Waals surface area contributed by atoms with Gasteiger partial charge in [0.15, 0.2) is 0 Å². The van der Waals surface area contributed by atoms with Crippen LogP contribution in [0.15, 0.2) is 79.5 Å². The number of nitrogens with one attached hydrogen (secondary N) is 1. The average molecular weight is 569 g/mol. The molecule has 210 valence electrons. The lowest BCUT2D eigenvalue weighted by molar-refractivity contribution is 0.220. The third kappa shape index (κ3) is 6.51. The van der Waals surface area contributed by atoms with Gasteiger partial charge in [0.05, 0.1) is 16.2 Å². The molecule has 0 bridgehead atoms. The second-order valence-electron chi connectivity index (χ2n) is 10.3. The highest BCUT2D eigenvalue weighted by molar-refractivity contribution is 6.32. The summed E-state index contributed by atoms with van der Waals surface area (Å²) in [4.78, 5) is 15.8. The molecule has 0 aliphatic carbocycles. The lowest BCUT2D eigenvalue weighted by Crippen LogP contribution is -2.29. The van der Waals surface area contributed by atoms with Crippen LogP contribution in [0.25, 0.3) is 16.6 Å². The van der Waals surface area contributed by atoms with E-state index in [9.17, 15) is 5.11 Å². The first-order chi connectivity index (χ1) is 20.2. The van der Waals surface area contributed by atoms with Crippen LogP contribution in [-0.4, -0.2) is 49.2 Å². The number of rotatable bonds is 10. The van der Waals surface area contributed by atoms with Crippen molar-refractivity contribution in [3.8, 4) is 11.4 Å². The van der Waals surface area contributed by atoms with Crippen LogP contribution in [0.2, 0.25) is 5.02 Å². The summed E-state index contributed by atoms with van der Waals surface area (Å²) in [6.07, 6.45) is 12.1. The van der Waals surface area contributed by atoms with Crippen LogP contribution in [-0.2, 0) is 19.6 Å². The van der Waals surface area contributed by atoms with Gasteiger partial charge in [-0.25, -0.2) is 9.97 Å². The minimum atomic E-state index is 0.131. The SMILES string of the molecule is OCCc1cn(-c2ccc3ncnc(Nc4ccc(OCc5ccccn5)c(Cl)c4)c3c2)cc1CN1CCCCC1. The van der Waals surface area contributed by atoms with Crippen LogP contribution < -0.4 is 10.1 Å². The third-order valence-electron chi connectivity index (χ3n) is 7.44. The maximum Gasteiger partial charge on any atom is 0.141 e. The summed E-state index contributed by atoms with van der Waals surface area (Å²) in [5, 5.41) is 14.5. The molecule has 9 heteroatoms. The van der Waals surface area contributed by atoms with Gasteiger partial charge in [0.25, 0.3) is 0 Å². The van der Waals surface area contributed by atoms with Gasteiger partial charge in [-0.3, -0.25) is 9.88 Å². The largest absolute Gasteiger partial charge is 0.486 e. The molecule has 5 aromatic rings. The quantitative estimate of drug-likeness (QED) is 0.204. The van der Waals surface area contributed by atoms with E-state index in [1.165, 1.54) is 30.4 Å². The normalized spacial score (nSPS) is 13.9. The first-order valence-electron chi connectivity index (χ1n) is 14.0. The number of aliphatic hydroxyl groups is 1. The van der Waals surface area contributed by atoms with Gasteiger partial charge in [-0.05, 0) is 92.0 Å². The Kier molecular flexibility index (Phi) is 8.41. The van der Waals surface area contributed by atoms with Gasteiger partial charge in [0.1, 0.15) is 24.5 Å². The second kappa shape index (κ2) is 12.7. The fourth-order valence-electron chi connectivity index (χ4n) is 5.31. The predicted molar refractivity (Wildman–Crippen MR) is 162 cm³/mol. The molecule has 1 aliphatic rings. The summed E-state index contributed by atoms with van der Waals surface area (Å²) in [7, 11) is 0. The molecular formula is C32H33ClN6O2. The molecule has 0 amide bonds. The van der Waals surface area contributed by atoms with E-state index < -0.39 is 0 Å². The van der Waals surface area contributed by atoms with E-state index in [4.69, 9.17) is 16.3 Å². The number of halogens is 1. The Morgan fingerprint density at radius 1 is 0.927 bits per heavy atom. The Morgan fingerprint density at radius 3 is 2.61 bits per heavy atom. The fourth-order valence-corrected chi connectivity index (χ4v) is 5.54. The first kappa shape index (κ1) is 27.2. The topological polar surface area (TPSA) is 88.3 Å². The molecule has 4 heterocycles. The summed E-state index contributed by atoms with van der Waals surface area (Å²) in [5.74, 6) is 1.27. The van der Waals surface area contributed by atoms with Gasteiger partial charge in [-0.1, -0.05) is 24.1 Å². The number of ether oxygens (including phenoxy) is 1. The highest BCUT2D eigenvalue weighted by Crippen LogP contribution is 2.32. The van der Waals surface area contributed by atoms with Crippen LogP contribution >= 0.6 is 11.6 Å². The zero-order chi connectivity index (χ0) is 28.0. The van der Waals surface area contributed by atoms with Crippen LogP contribution in [0.1, 0.15) is 36.1 Å². The summed E-state index contributed by atoms with van der Waals surface area (Å²) in [5.41, 5.74) is 5.92. The Bertz CT molecular complexity index is 1620. The summed E-state index contributed by atoms with van der Waals surface area (Å²) in [6.45, 7) is 3.65. The smallest absolute Gasteiger partial charge is 0.141 e. The standard InChI is InChI=1S/C32H33ClN6O2/c33-29-16-25(7-10-31(29)41-21-26-6-2-3-12-34-26)37-32-28-17-27(8-9-30(28)35-22-36-32)39-19-23(11-15-40)24(20-39)18-38-13-4-1-5-14-38/h2-3,6-10,12,16-17,19-20,22,40H,1,4-5,11,13-15,18,21H2,(H,35,36,37). The van der Waals surface area contributed by atoms with E-state index in [0.29, 0.717) is 29.6 Å². The molecule has 1 fully saturated rings. The zero-order valence-electron chi connectivity index (χ0n) is 22.8. The van der Waals surface area contributed by atoms with Gasteiger partial charge in [-0.2, -0.15) is 0 Å². The van der Waals surface area contributed by atoms with Gasteiger partial charge < -0.3 is 19.7 Å². The molecule has 1 saturated heterocycles. The Balaban J connectivity index is 1.23. The van der Waals surface area contributed by atoms with E-state index in [-0.39, 0.29) is 6.61 Å². The highest BCUT2D eigenvalue weighted by Gasteiger charge is 2.16. The molecule has 1 aliphatic heterocycles. The Hall–Kier alpha value is -3.98. The minimum Gasteiger partial charge on any atom is -0.486 e. The first-order valence-corrected chi connectivity index (χ1v) is 14.4. The van der Waals surface area contributed by atoms with E-state index in [2.05, 4.69) is 54.3 Å². The van der Waals surface area contributed by atoms with Gasteiger partial charge in [0, 0.05) is 48.5 Å². The summed E-state index contributed by atoms with van der Waals surface area (Å²) < 4.78 is 8.01. The molecular weight excluding hydrogens is 536 g/mol. The van der Waals surface area contributed by atoms with Crippen LogP contribution in [0, 0.1) is 0 Å². The van der Waals surface area contributed by atoms with Gasteiger partial charge >= 0.3 is 0 Å². The molecule has 0 spiro atoms. The van der Waals surface area contributed by atoms with Gasteiger partial charge in [0.2, 0.25) is 0 Å². The monoisotopic (exact) mass is 568 g/mol. The summed E-state index contributed by atoms with van der Waals surface area (Å²) >= 11 is 6.56. The predicted octanol–water partition coefficient (Wildman–Crippen LogP) is 6.31. The number of nitrogens with zero attached hydrogens (tertiary/aromatic N) is 5. The van der Waals surface area contributed by atoms with Crippen LogP contribution in [0.4, 0.5) is 11.5 Å². The number of aromatic nitrogens is 4. The lowest BCUT2D eigenvalue weighted by Gasteiger charge is -2.26. The highest BCUT2D eigenvalue weighted by atomic mass is 35.5. The molecule has 6 rings (SSSR count). The molecule has 0 saturated carbocycles. The van der Waals surface area contributed by atoms with Crippen molar-refractivity contribution in [2.75, 3.05) is 25.0 Å². The number of hydrogen-bond acceptors (Lipinski definition) is 7. The maximum atomic E-state index is 9.70. The van der Waals surface area contributed by atoms with E-state index in [0.717, 1.165) is 47.6 Å². The second-order valence-corrected chi connectivity index (χ2v) is 10.7. The number of hydrogen-bond donors (Lipinski definition) is 2. The Labute approximate surface area is 244 Å². The molecule has 41 heavy (non-hydrogen) atoms. The molecule has 8 nitrogen and oxygen atoms in total. The minimum absolute atomic E-state index is 0.131. The molecule has 2 N–H and O–H groups in total. The van der Waals surface area contributed by atoms with Crippen molar-refractivity contribution in [2.24, 2.45) is 0 Å². The molecule has 3 aromatic heterocycles. The van der Waals surface area contributed by atoms with Crippen LogP contribution in [0.3, 0.4) is 0 Å². The number of pyridine rings is 1.